The smallest absolute Gasteiger partial charge is 0.217 e. The molecule has 3 rings (SSSR count). The summed E-state index contributed by atoms with van der Waals surface area (Å²) < 4.78 is 53.7. The van der Waals surface area contributed by atoms with E-state index in [9.17, 15) is 27.1 Å². The summed E-state index contributed by atoms with van der Waals surface area (Å²) in [4.78, 5) is 11.9. The van der Waals surface area contributed by atoms with Crippen molar-refractivity contribution in [2.45, 2.75) is 76.5 Å². The van der Waals surface area contributed by atoms with Crippen molar-refractivity contribution in [3.8, 4) is 0 Å². The van der Waals surface area contributed by atoms with Crippen LogP contribution < -0.4 is 10.6 Å². The van der Waals surface area contributed by atoms with Gasteiger partial charge in [0.1, 0.15) is 11.6 Å². The molecule has 1 amide bonds. The number of hydrogen-bond donors (Lipinski definition) is 3. The Kier molecular flexibility index (Phi) is 9.91. The number of nitrogens with one attached hydrogen (secondary N) is 2. The Morgan fingerprint density at radius 1 is 1.10 bits per heavy atom. The van der Waals surface area contributed by atoms with E-state index < -0.39 is 39.3 Å². The van der Waals surface area contributed by atoms with E-state index >= 15 is 0 Å². The first kappa shape index (κ1) is 31.1. The van der Waals surface area contributed by atoms with Gasteiger partial charge < -0.3 is 15.7 Å². The highest BCUT2D eigenvalue weighted by Crippen LogP contribution is 2.36. The number of nitrogens with zero attached hydrogens (tertiary/aromatic N) is 1. The topological polar surface area (TPSA) is 98.7 Å². The lowest BCUT2D eigenvalue weighted by Gasteiger charge is -2.37. The lowest BCUT2D eigenvalue weighted by Crippen LogP contribution is -2.53. The number of hydrogen-bond acceptors (Lipinski definition) is 5. The molecule has 2 aromatic rings. The Morgan fingerprint density at radius 2 is 1.77 bits per heavy atom. The van der Waals surface area contributed by atoms with Crippen LogP contribution in [-0.2, 0) is 32.2 Å². The monoisotopic (exact) mass is 565 g/mol. The van der Waals surface area contributed by atoms with Crippen molar-refractivity contribution in [3.63, 3.8) is 0 Å². The van der Waals surface area contributed by atoms with Gasteiger partial charge >= 0.3 is 0 Å². The summed E-state index contributed by atoms with van der Waals surface area (Å²) in [5, 5.41) is 17.5. The van der Waals surface area contributed by atoms with E-state index in [1.54, 1.807) is 0 Å². The molecule has 10 heteroatoms. The molecule has 0 unspecified atom stereocenters. The van der Waals surface area contributed by atoms with Gasteiger partial charge in [-0.2, -0.15) is 0 Å². The minimum absolute atomic E-state index is 0.0332. The molecule has 0 spiro atoms. The number of benzene rings is 2. The third-order valence-corrected chi connectivity index (χ3v) is 8.73. The van der Waals surface area contributed by atoms with Crippen LogP contribution >= 0.6 is 0 Å². The predicted octanol–water partition coefficient (Wildman–Crippen LogP) is 3.60. The number of aliphatic hydroxyl groups excluding tert-OH is 1. The molecule has 216 valence electrons. The third kappa shape index (κ3) is 8.54. The molecule has 7 nitrogen and oxygen atoms in total. The van der Waals surface area contributed by atoms with Crippen LogP contribution in [0.5, 0.6) is 0 Å². The second kappa shape index (κ2) is 12.4. The van der Waals surface area contributed by atoms with Gasteiger partial charge in [0, 0.05) is 38.2 Å². The van der Waals surface area contributed by atoms with Crippen molar-refractivity contribution in [2.24, 2.45) is 0 Å². The van der Waals surface area contributed by atoms with Crippen LogP contribution in [0, 0.1) is 11.6 Å². The second-order valence-electron chi connectivity index (χ2n) is 11.7. The Labute approximate surface area is 231 Å². The molecule has 3 N–H and O–H groups in total. The van der Waals surface area contributed by atoms with Gasteiger partial charge in [-0.15, -0.1) is 0 Å². The zero-order valence-corrected chi connectivity index (χ0v) is 24.2. The summed E-state index contributed by atoms with van der Waals surface area (Å²) in [6.07, 6.45) is 1.90. The summed E-state index contributed by atoms with van der Waals surface area (Å²) in [5.41, 5.74) is 1.72. The van der Waals surface area contributed by atoms with E-state index in [0.29, 0.717) is 37.9 Å². The molecular formula is C29H41F2N3O4S. The fourth-order valence-electron chi connectivity index (χ4n) is 5.26. The number of rotatable bonds is 9. The maximum absolute atomic E-state index is 13.8. The van der Waals surface area contributed by atoms with Crippen molar-refractivity contribution in [3.05, 3.63) is 70.8 Å². The van der Waals surface area contributed by atoms with Gasteiger partial charge in [0.25, 0.3) is 0 Å². The van der Waals surface area contributed by atoms with Crippen LogP contribution in [-0.4, -0.2) is 61.8 Å². The highest BCUT2D eigenvalue weighted by atomic mass is 32.2. The molecule has 0 aromatic heterocycles. The van der Waals surface area contributed by atoms with Crippen molar-refractivity contribution >= 4 is 15.9 Å². The van der Waals surface area contributed by atoms with E-state index in [2.05, 4.69) is 43.5 Å². The van der Waals surface area contributed by atoms with Gasteiger partial charge in [-0.25, -0.2) is 21.5 Å². The molecular weight excluding hydrogens is 524 g/mol. The molecule has 0 aliphatic carbocycles. The van der Waals surface area contributed by atoms with Crippen molar-refractivity contribution in [1.82, 2.24) is 14.9 Å². The van der Waals surface area contributed by atoms with Gasteiger partial charge in [0.05, 0.1) is 18.4 Å². The first-order valence-corrected chi connectivity index (χ1v) is 15.2. The fourth-order valence-corrected chi connectivity index (χ4v) is 6.15. The number of carbonyl (C=O) groups is 1. The van der Waals surface area contributed by atoms with Crippen molar-refractivity contribution in [2.75, 3.05) is 25.9 Å². The van der Waals surface area contributed by atoms with E-state index in [1.165, 1.54) is 29.6 Å². The fraction of sp³-hybridized carbons (Fsp3) is 0.552. The molecule has 0 saturated carbocycles. The SMILES string of the molecule is CC(=O)N[C@@H](Cc1cc(F)cc(F)c1)[C@@H](O)CN[C@@]1(c2cccc(C(C)(C)C)c2)CCCN(S(C)(=O)=O)CC1. The van der Waals surface area contributed by atoms with Crippen molar-refractivity contribution in [1.29, 1.82) is 0 Å². The van der Waals surface area contributed by atoms with Gasteiger partial charge in [-0.1, -0.05) is 45.0 Å². The molecule has 2 aromatic carbocycles. The first-order chi connectivity index (χ1) is 18.1. The summed E-state index contributed by atoms with van der Waals surface area (Å²) in [6.45, 7) is 8.50. The largest absolute Gasteiger partial charge is 0.390 e. The van der Waals surface area contributed by atoms with Gasteiger partial charge in [-0.3, -0.25) is 4.79 Å². The van der Waals surface area contributed by atoms with Crippen LogP contribution in [0.4, 0.5) is 8.78 Å². The number of aliphatic hydroxyl groups is 1. The quantitative estimate of drug-likeness (QED) is 0.432. The van der Waals surface area contributed by atoms with Crippen LogP contribution in [0.25, 0.3) is 0 Å². The van der Waals surface area contributed by atoms with Crippen LogP contribution in [0.1, 0.15) is 63.6 Å². The average Bonchev–Trinajstić information content (AvgIpc) is 3.04. The lowest BCUT2D eigenvalue weighted by molar-refractivity contribution is -0.120. The van der Waals surface area contributed by atoms with E-state index in [1.807, 2.05) is 12.1 Å². The number of carbonyl (C=O) groups excluding carboxylic acids is 1. The summed E-state index contributed by atoms with van der Waals surface area (Å²) in [5.74, 6) is -1.83. The maximum Gasteiger partial charge on any atom is 0.217 e. The molecule has 3 atom stereocenters. The van der Waals surface area contributed by atoms with Crippen LogP contribution in [0.2, 0.25) is 0 Å². The maximum atomic E-state index is 13.8. The normalized spacial score (nSPS) is 20.7. The van der Waals surface area contributed by atoms with Gasteiger partial charge in [-0.05, 0) is 59.9 Å². The molecule has 1 saturated heterocycles. The number of amides is 1. The molecule has 1 fully saturated rings. The predicted molar refractivity (Wildman–Crippen MR) is 149 cm³/mol. The summed E-state index contributed by atoms with van der Waals surface area (Å²) >= 11 is 0. The zero-order chi connectivity index (χ0) is 29.0. The highest BCUT2D eigenvalue weighted by Gasteiger charge is 2.37. The molecule has 1 heterocycles. The molecule has 39 heavy (non-hydrogen) atoms. The first-order valence-electron chi connectivity index (χ1n) is 13.3. The standard InChI is InChI=1S/C29H41F2N3O4S/c1-20(35)33-26(16-21-14-24(30)18-25(31)15-21)27(36)19-32-29(10-7-12-34(13-11-29)39(5,37)38)23-9-6-8-22(17-23)28(2,3)4/h6,8-9,14-15,17-18,26-27,32,36H,7,10-13,16,19H2,1-5H3,(H,33,35)/t26-,27-,29-/m0/s1. The van der Waals surface area contributed by atoms with E-state index in [0.717, 1.165) is 17.2 Å². The minimum Gasteiger partial charge on any atom is -0.390 e. The minimum atomic E-state index is -3.37. The Morgan fingerprint density at radius 3 is 2.36 bits per heavy atom. The Balaban J connectivity index is 1.91. The van der Waals surface area contributed by atoms with E-state index in [4.69, 9.17) is 0 Å². The molecule has 0 radical (unpaired) electrons. The molecule has 1 aliphatic heterocycles. The van der Waals surface area contributed by atoms with Crippen LogP contribution in [0.15, 0.2) is 42.5 Å². The number of sulfonamides is 1. The van der Waals surface area contributed by atoms with Gasteiger partial charge in [0.15, 0.2) is 0 Å². The molecule has 1 aliphatic rings. The number of halogens is 2. The Bertz CT molecular complexity index is 1250. The average molecular weight is 566 g/mol. The summed E-state index contributed by atoms with van der Waals surface area (Å²) in [7, 11) is -3.37. The van der Waals surface area contributed by atoms with Crippen LogP contribution in [0.3, 0.4) is 0 Å². The lowest BCUT2D eigenvalue weighted by atomic mass is 9.79. The van der Waals surface area contributed by atoms with Crippen molar-refractivity contribution < 1.29 is 27.1 Å². The Hall–Kier alpha value is -2.40. The highest BCUT2D eigenvalue weighted by molar-refractivity contribution is 7.88. The van der Waals surface area contributed by atoms with Gasteiger partial charge in [0.2, 0.25) is 15.9 Å². The van der Waals surface area contributed by atoms with E-state index in [-0.39, 0.29) is 24.3 Å². The molecule has 0 bridgehead atoms. The zero-order valence-electron chi connectivity index (χ0n) is 23.4. The third-order valence-electron chi connectivity index (χ3n) is 7.43. The second-order valence-corrected chi connectivity index (χ2v) is 13.6. The summed E-state index contributed by atoms with van der Waals surface area (Å²) in [6, 6.07) is 10.6.